The van der Waals surface area contributed by atoms with Crippen molar-refractivity contribution in [2.75, 3.05) is 13.7 Å². The van der Waals surface area contributed by atoms with E-state index in [1.807, 2.05) is 13.8 Å². The lowest BCUT2D eigenvalue weighted by molar-refractivity contribution is 0.228. The minimum absolute atomic E-state index is 0.0515. The average Bonchev–Trinajstić information content (AvgIpc) is 2.27. The predicted octanol–water partition coefficient (Wildman–Crippen LogP) is 2.72. The normalized spacial score (nSPS) is 12.6. The van der Waals surface area contributed by atoms with Gasteiger partial charge in [-0.2, -0.15) is 0 Å². The van der Waals surface area contributed by atoms with Gasteiger partial charge < -0.3 is 14.6 Å². The molecule has 0 saturated carbocycles. The molecule has 3 nitrogen and oxygen atoms in total. The van der Waals surface area contributed by atoms with Crippen LogP contribution in [0.4, 0.5) is 4.39 Å². The van der Waals surface area contributed by atoms with Crippen molar-refractivity contribution in [1.82, 2.24) is 0 Å². The van der Waals surface area contributed by atoms with E-state index in [1.165, 1.54) is 13.2 Å². The van der Waals surface area contributed by atoms with E-state index in [2.05, 4.69) is 0 Å². The fraction of sp³-hybridized carbons (Fsp3) is 0.538. The highest BCUT2D eigenvalue weighted by atomic mass is 19.1. The zero-order valence-electron chi connectivity index (χ0n) is 10.7. The molecule has 1 atom stereocenters. The molecule has 0 bridgehead atoms. The lowest BCUT2D eigenvalue weighted by Gasteiger charge is -2.17. The lowest BCUT2D eigenvalue weighted by atomic mass is 10.0. The SMILES string of the molecule is COc1cc(C(C)CO)c(F)cc1OC(C)C. The van der Waals surface area contributed by atoms with Crippen molar-refractivity contribution in [3.63, 3.8) is 0 Å². The van der Waals surface area contributed by atoms with E-state index in [9.17, 15) is 4.39 Å². The van der Waals surface area contributed by atoms with Crippen LogP contribution in [0.1, 0.15) is 32.3 Å². The van der Waals surface area contributed by atoms with E-state index in [4.69, 9.17) is 14.6 Å². The van der Waals surface area contributed by atoms with Gasteiger partial charge in [0.25, 0.3) is 0 Å². The minimum atomic E-state index is -0.386. The molecule has 0 amide bonds. The van der Waals surface area contributed by atoms with Crippen molar-refractivity contribution < 1.29 is 19.0 Å². The monoisotopic (exact) mass is 242 g/mol. The second kappa shape index (κ2) is 5.87. The summed E-state index contributed by atoms with van der Waals surface area (Å²) in [6, 6.07) is 2.88. The van der Waals surface area contributed by atoms with Crippen molar-refractivity contribution in [2.45, 2.75) is 32.8 Å². The van der Waals surface area contributed by atoms with Crippen LogP contribution in [0.15, 0.2) is 12.1 Å². The Hall–Kier alpha value is -1.29. The molecule has 1 unspecified atom stereocenters. The third-order valence-electron chi connectivity index (χ3n) is 2.45. The molecule has 0 heterocycles. The van der Waals surface area contributed by atoms with Crippen LogP contribution < -0.4 is 9.47 Å². The highest BCUT2D eigenvalue weighted by Gasteiger charge is 2.16. The van der Waals surface area contributed by atoms with E-state index in [-0.39, 0.29) is 24.4 Å². The Kier molecular flexibility index (Phi) is 4.75. The number of ether oxygens (including phenoxy) is 2. The van der Waals surface area contributed by atoms with Crippen LogP contribution in [0.5, 0.6) is 11.5 Å². The van der Waals surface area contributed by atoms with Crippen LogP contribution in [0.3, 0.4) is 0 Å². The Balaban J connectivity index is 3.14. The maximum absolute atomic E-state index is 13.8. The van der Waals surface area contributed by atoms with Crippen molar-refractivity contribution >= 4 is 0 Å². The molecule has 0 aliphatic heterocycles. The molecule has 1 rings (SSSR count). The Morgan fingerprint density at radius 1 is 1.24 bits per heavy atom. The molecule has 0 radical (unpaired) electrons. The van der Waals surface area contributed by atoms with Crippen molar-refractivity contribution in [1.29, 1.82) is 0 Å². The maximum Gasteiger partial charge on any atom is 0.164 e. The molecule has 0 fully saturated rings. The molecule has 17 heavy (non-hydrogen) atoms. The number of rotatable bonds is 5. The van der Waals surface area contributed by atoms with Gasteiger partial charge in [-0.1, -0.05) is 6.92 Å². The fourth-order valence-electron chi connectivity index (χ4n) is 1.53. The Morgan fingerprint density at radius 3 is 2.35 bits per heavy atom. The summed E-state index contributed by atoms with van der Waals surface area (Å²) in [5, 5.41) is 9.05. The van der Waals surface area contributed by atoms with Gasteiger partial charge in [-0.3, -0.25) is 0 Å². The quantitative estimate of drug-likeness (QED) is 0.862. The molecule has 1 N–H and O–H groups in total. The number of hydrogen-bond acceptors (Lipinski definition) is 3. The Labute approximate surface area is 101 Å². The molecule has 0 saturated heterocycles. The van der Waals surface area contributed by atoms with Crippen LogP contribution in [0, 0.1) is 5.82 Å². The van der Waals surface area contributed by atoms with E-state index < -0.39 is 0 Å². The third kappa shape index (κ3) is 3.33. The molecule has 1 aromatic carbocycles. The summed E-state index contributed by atoms with van der Waals surface area (Å²) in [4.78, 5) is 0. The standard InChI is InChI=1S/C13H19FO3/c1-8(2)17-13-6-11(14)10(9(3)7-15)5-12(13)16-4/h5-6,8-9,15H,7H2,1-4H3. The zero-order chi connectivity index (χ0) is 13.0. The first kappa shape index (κ1) is 13.8. The Bertz CT molecular complexity index is 377. The molecule has 0 aliphatic rings. The summed E-state index contributed by atoms with van der Waals surface area (Å²) < 4.78 is 24.4. The highest BCUT2D eigenvalue weighted by Crippen LogP contribution is 2.33. The maximum atomic E-state index is 13.8. The first-order valence-corrected chi connectivity index (χ1v) is 5.64. The van der Waals surface area contributed by atoms with E-state index in [0.717, 1.165) is 0 Å². The molecular weight excluding hydrogens is 223 g/mol. The summed E-state index contributed by atoms with van der Waals surface area (Å²) >= 11 is 0. The van der Waals surface area contributed by atoms with E-state index in [0.29, 0.717) is 17.1 Å². The van der Waals surface area contributed by atoms with Crippen LogP contribution in [-0.2, 0) is 0 Å². The number of aliphatic hydroxyl groups excluding tert-OH is 1. The zero-order valence-corrected chi connectivity index (χ0v) is 10.7. The first-order valence-electron chi connectivity index (χ1n) is 5.64. The average molecular weight is 242 g/mol. The summed E-state index contributed by atoms with van der Waals surface area (Å²) in [7, 11) is 1.51. The number of halogens is 1. The number of benzene rings is 1. The van der Waals surface area contributed by atoms with Gasteiger partial charge in [-0.05, 0) is 25.5 Å². The summed E-state index contributed by atoms with van der Waals surface area (Å²) in [6.07, 6.45) is -0.0515. The number of aliphatic hydroxyl groups is 1. The second-order valence-corrected chi connectivity index (χ2v) is 4.27. The van der Waals surface area contributed by atoms with Gasteiger partial charge in [0.1, 0.15) is 5.82 Å². The van der Waals surface area contributed by atoms with Gasteiger partial charge in [-0.25, -0.2) is 4.39 Å². The number of methoxy groups -OCH3 is 1. The Morgan fingerprint density at radius 2 is 1.88 bits per heavy atom. The molecule has 4 heteroatoms. The smallest absolute Gasteiger partial charge is 0.164 e. The van der Waals surface area contributed by atoms with Crippen LogP contribution in [0.2, 0.25) is 0 Å². The molecule has 1 aromatic rings. The molecule has 0 aromatic heterocycles. The van der Waals surface area contributed by atoms with Gasteiger partial charge in [-0.15, -0.1) is 0 Å². The fourth-order valence-corrected chi connectivity index (χ4v) is 1.53. The van der Waals surface area contributed by atoms with Crippen LogP contribution in [-0.4, -0.2) is 24.9 Å². The summed E-state index contributed by atoms with van der Waals surface area (Å²) in [5.74, 6) is 0.212. The summed E-state index contributed by atoms with van der Waals surface area (Å²) in [5.41, 5.74) is 0.431. The van der Waals surface area contributed by atoms with Gasteiger partial charge in [0.15, 0.2) is 11.5 Å². The van der Waals surface area contributed by atoms with Crippen molar-refractivity contribution in [2.24, 2.45) is 0 Å². The third-order valence-corrected chi connectivity index (χ3v) is 2.45. The van der Waals surface area contributed by atoms with Gasteiger partial charge in [0.05, 0.1) is 13.2 Å². The van der Waals surface area contributed by atoms with Gasteiger partial charge >= 0.3 is 0 Å². The first-order chi connectivity index (χ1) is 7.99. The van der Waals surface area contributed by atoms with Crippen LogP contribution in [0.25, 0.3) is 0 Å². The summed E-state index contributed by atoms with van der Waals surface area (Å²) in [6.45, 7) is 5.37. The minimum Gasteiger partial charge on any atom is -0.493 e. The van der Waals surface area contributed by atoms with Gasteiger partial charge in [0.2, 0.25) is 0 Å². The number of hydrogen-bond donors (Lipinski definition) is 1. The van der Waals surface area contributed by atoms with Crippen LogP contribution >= 0.6 is 0 Å². The largest absolute Gasteiger partial charge is 0.493 e. The molecule has 0 spiro atoms. The van der Waals surface area contributed by atoms with Crippen molar-refractivity contribution in [3.8, 4) is 11.5 Å². The molecule has 96 valence electrons. The van der Waals surface area contributed by atoms with Crippen molar-refractivity contribution in [3.05, 3.63) is 23.5 Å². The van der Waals surface area contributed by atoms with E-state index >= 15 is 0 Å². The molecular formula is C13H19FO3. The highest BCUT2D eigenvalue weighted by molar-refractivity contribution is 5.45. The second-order valence-electron chi connectivity index (χ2n) is 4.27. The molecule has 0 aliphatic carbocycles. The lowest BCUT2D eigenvalue weighted by Crippen LogP contribution is -2.09. The van der Waals surface area contributed by atoms with Gasteiger partial charge in [0, 0.05) is 18.6 Å². The topological polar surface area (TPSA) is 38.7 Å². The predicted molar refractivity (Wildman–Crippen MR) is 64.2 cm³/mol. The van der Waals surface area contributed by atoms with E-state index in [1.54, 1.807) is 13.0 Å².